The molecular weight excluding hydrogens is 266 g/mol. The molecule has 18 heavy (non-hydrogen) atoms. The molecule has 2 aromatic heterocycles. The van der Waals surface area contributed by atoms with E-state index in [2.05, 4.69) is 11.3 Å². The van der Waals surface area contributed by atoms with Crippen molar-refractivity contribution in [3.8, 4) is 11.3 Å². The molecule has 0 fully saturated rings. The van der Waals surface area contributed by atoms with Crippen molar-refractivity contribution in [2.45, 2.75) is 17.1 Å². The van der Waals surface area contributed by atoms with Crippen LogP contribution >= 0.6 is 23.1 Å². The summed E-state index contributed by atoms with van der Waals surface area (Å²) >= 11 is 3.15. The summed E-state index contributed by atoms with van der Waals surface area (Å²) in [5.41, 5.74) is 9.96. The van der Waals surface area contributed by atoms with Crippen LogP contribution < -0.4 is 5.73 Å². The molecule has 1 aliphatic rings. The Morgan fingerprint density at radius 2 is 2.33 bits per heavy atom. The summed E-state index contributed by atoms with van der Waals surface area (Å²) in [7, 11) is 1.93. The zero-order valence-corrected chi connectivity index (χ0v) is 11.8. The number of thioether (sulfide) groups is 1. The fourth-order valence-corrected chi connectivity index (χ4v) is 4.40. The number of hydrogen-bond acceptors (Lipinski definition) is 4. The van der Waals surface area contributed by atoms with E-state index >= 15 is 0 Å². The van der Waals surface area contributed by atoms with E-state index in [4.69, 9.17) is 5.73 Å². The monoisotopic (exact) mass is 279 g/mol. The molecule has 0 unspecified atom stereocenters. The second kappa shape index (κ2) is 4.13. The first-order valence-electron chi connectivity index (χ1n) is 5.64. The maximum atomic E-state index is 11.5. The highest BCUT2D eigenvalue weighted by Crippen LogP contribution is 2.45. The van der Waals surface area contributed by atoms with E-state index in [-0.39, 0.29) is 5.91 Å². The SMILES string of the molecule is CSc1sc(C(N)=O)c2c1-c1nn(C)cc1CC2. The number of thiophene rings is 1. The van der Waals surface area contributed by atoms with Crippen LogP contribution in [-0.2, 0) is 19.9 Å². The quantitative estimate of drug-likeness (QED) is 0.856. The molecule has 2 heterocycles. The predicted molar refractivity (Wildman–Crippen MR) is 74.2 cm³/mol. The minimum absolute atomic E-state index is 0.323. The highest BCUT2D eigenvalue weighted by molar-refractivity contribution is 8.00. The number of hydrogen-bond donors (Lipinski definition) is 1. The minimum atomic E-state index is -0.323. The minimum Gasteiger partial charge on any atom is -0.365 e. The van der Waals surface area contributed by atoms with Crippen molar-refractivity contribution in [3.63, 3.8) is 0 Å². The highest BCUT2D eigenvalue weighted by atomic mass is 32.2. The van der Waals surface area contributed by atoms with E-state index in [0.29, 0.717) is 4.88 Å². The van der Waals surface area contributed by atoms with E-state index in [1.165, 1.54) is 16.9 Å². The first-order valence-corrected chi connectivity index (χ1v) is 7.68. The van der Waals surface area contributed by atoms with Gasteiger partial charge >= 0.3 is 0 Å². The summed E-state index contributed by atoms with van der Waals surface area (Å²) in [4.78, 5) is 12.2. The van der Waals surface area contributed by atoms with Crippen molar-refractivity contribution >= 4 is 29.0 Å². The fraction of sp³-hybridized carbons (Fsp3) is 0.333. The van der Waals surface area contributed by atoms with Gasteiger partial charge in [0.2, 0.25) is 0 Å². The Balaban J connectivity index is 2.29. The molecule has 0 spiro atoms. The van der Waals surface area contributed by atoms with Gasteiger partial charge in [-0.25, -0.2) is 0 Å². The lowest BCUT2D eigenvalue weighted by Gasteiger charge is -2.12. The van der Waals surface area contributed by atoms with Gasteiger partial charge in [0, 0.05) is 18.8 Å². The normalized spacial score (nSPS) is 13.2. The van der Waals surface area contributed by atoms with Gasteiger partial charge in [-0.1, -0.05) is 0 Å². The lowest BCUT2D eigenvalue weighted by atomic mass is 9.92. The zero-order valence-electron chi connectivity index (χ0n) is 10.2. The highest BCUT2D eigenvalue weighted by Gasteiger charge is 2.28. The van der Waals surface area contributed by atoms with Gasteiger partial charge in [0.05, 0.1) is 14.8 Å². The Morgan fingerprint density at radius 1 is 1.56 bits per heavy atom. The summed E-state index contributed by atoms with van der Waals surface area (Å²) in [5.74, 6) is -0.323. The van der Waals surface area contributed by atoms with E-state index in [0.717, 1.165) is 33.9 Å². The summed E-state index contributed by atoms with van der Waals surface area (Å²) in [5, 5.41) is 4.53. The molecule has 0 saturated heterocycles. The van der Waals surface area contributed by atoms with Crippen LogP contribution in [0.15, 0.2) is 10.4 Å². The Bertz CT molecular complexity index is 642. The van der Waals surface area contributed by atoms with E-state index in [1.54, 1.807) is 11.8 Å². The second-order valence-corrected chi connectivity index (χ2v) is 6.41. The van der Waals surface area contributed by atoms with Crippen molar-refractivity contribution in [2.24, 2.45) is 12.8 Å². The molecule has 2 N–H and O–H groups in total. The third-order valence-electron chi connectivity index (χ3n) is 3.17. The van der Waals surface area contributed by atoms with E-state index in [1.807, 2.05) is 18.0 Å². The average molecular weight is 279 g/mol. The van der Waals surface area contributed by atoms with Crippen LogP contribution in [0.3, 0.4) is 0 Å². The van der Waals surface area contributed by atoms with E-state index in [9.17, 15) is 4.79 Å². The third-order valence-corrected chi connectivity index (χ3v) is 5.54. The fourth-order valence-electron chi connectivity index (χ4n) is 2.45. The van der Waals surface area contributed by atoms with Gasteiger partial charge in [0.1, 0.15) is 0 Å². The van der Waals surface area contributed by atoms with Gasteiger partial charge in [-0.15, -0.1) is 23.1 Å². The summed E-state index contributed by atoms with van der Waals surface area (Å²) in [6.07, 6.45) is 5.89. The Labute approximate surface area is 113 Å². The summed E-state index contributed by atoms with van der Waals surface area (Å²) in [6.45, 7) is 0. The number of nitrogens with zero attached hydrogens (tertiary/aromatic N) is 2. The first-order chi connectivity index (χ1) is 8.61. The molecule has 94 valence electrons. The summed E-state index contributed by atoms with van der Waals surface area (Å²) in [6, 6.07) is 0. The van der Waals surface area contributed by atoms with Crippen molar-refractivity contribution in [3.05, 3.63) is 22.2 Å². The van der Waals surface area contributed by atoms with Crippen molar-refractivity contribution in [2.75, 3.05) is 6.26 Å². The number of carbonyl (C=O) groups is 1. The van der Waals surface area contributed by atoms with Crippen LogP contribution in [0.4, 0.5) is 0 Å². The molecule has 1 amide bonds. The van der Waals surface area contributed by atoms with Gasteiger partial charge in [-0.05, 0) is 30.2 Å². The molecule has 1 aliphatic carbocycles. The van der Waals surface area contributed by atoms with Crippen LogP contribution in [-0.4, -0.2) is 21.9 Å². The number of nitrogens with two attached hydrogens (primary N) is 1. The molecule has 0 bridgehead atoms. The van der Waals surface area contributed by atoms with Crippen molar-refractivity contribution in [1.82, 2.24) is 9.78 Å². The standard InChI is InChI=1S/C12H13N3OS2/c1-15-5-6-3-4-7-8(9(6)14-15)12(17-2)18-10(7)11(13)16/h5H,3-4H2,1-2H3,(H2,13,16). The number of aryl methyl sites for hydroxylation is 2. The zero-order chi connectivity index (χ0) is 12.9. The maximum Gasteiger partial charge on any atom is 0.259 e. The van der Waals surface area contributed by atoms with Gasteiger partial charge in [-0.2, -0.15) is 5.10 Å². The smallest absolute Gasteiger partial charge is 0.259 e. The molecule has 0 atom stereocenters. The number of carbonyl (C=O) groups excluding carboxylic acids is 1. The molecule has 3 rings (SSSR count). The van der Waals surface area contributed by atoms with Crippen LogP contribution in [0.25, 0.3) is 11.3 Å². The van der Waals surface area contributed by atoms with Crippen LogP contribution in [0.1, 0.15) is 20.8 Å². The molecule has 2 aromatic rings. The van der Waals surface area contributed by atoms with Crippen LogP contribution in [0.5, 0.6) is 0 Å². The third kappa shape index (κ3) is 1.59. The Hall–Kier alpha value is -1.27. The number of fused-ring (bicyclic) bond motifs is 3. The van der Waals surface area contributed by atoms with E-state index < -0.39 is 0 Å². The molecular formula is C12H13N3OS2. The first kappa shape index (κ1) is 11.8. The van der Waals surface area contributed by atoms with Crippen LogP contribution in [0, 0.1) is 0 Å². The topological polar surface area (TPSA) is 60.9 Å². The molecule has 0 aliphatic heterocycles. The van der Waals surface area contributed by atoms with Gasteiger partial charge in [-0.3, -0.25) is 9.48 Å². The number of amides is 1. The predicted octanol–water partition coefficient (Wildman–Crippen LogP) is 2.07. The van der Waals surface area contributed by atoms with Crippen molar-refractivity contribution < 1.29 is 4.79 Å². The molecule has 6 heteroatoms. The maximum absolute atomic E-state index is 11.5. The number of primary amides is 1. The molecule has 4 nitrogen and oxygen atoms in total. The molecule has 0 radical (unpaired) electrons. The molecule has 0 aromatic carbocycles. The van der Waals surface area contributed by atoms with Crippen LogP contribution in [0.2, 0.25) is 0 Å². The van der Waals surface area contributed by atoms with Gasteiger partial charge in [0.15, 0.2) is 0 Å². The van der Waals surface area contributed by atoms with Gasteiger partial charge < -0.3 is 5.73 Å². The number of aromatic nitrogens is 2. The lowest BCUT2D eigenvalue weighted by molar-refractivity contribution is 0.100. The Morgan fingerprint density at radius 3 is 3.00 bits per heavy atom. The average Bonchev–Trinajstić information content (AvgIpc) is 2.87. The second-order valence-electron chi connectivity index (χ2n) is 4.32. The number of rotatable bonds is 2. The molecule has 0 saturated carbocycles. The van der Waals surface area contributed by atoms with Crippen molar-refractivity contribution in [1.29, 1.82) is 0 Å². The summed E-state index contributed by atoms with van der Waals surface area (Å²) < 4.78 is 2.98. The van der Waals surface area contributed by atoms with Gasteiger partial charge in [0.25, 0.3) is 5.91 Å². The Kier molecular flexibility index (Phi) is 2.71. The largest absolute Gasteiger partial charge is 0.365 e. The lowest BCUT2D eigenvalue weighted by Crippen LogP contribution is -2.13.